The van der Waals surface area contributed by atoms with E-state index in [4.69, 9.17) is 0 Å². The molecule has 1 aromatic heterocycles. The number of thioether (sulfide) groups is 1. The number of nitrogens with zero attached hydrogens (tertiary/aromatic N) is 2. The smallest absolute Gasteiger partial charge is 0.242 e. The van der Waals surface area contributed by atoms with Crippen molar-refractivity contribution in [3.05, 3.63) is 29.8 Å². The molecule has 2 rings (SSSR count). The number of aromatic nitrogens is 2. The molecule has 25 heavy (non-hydrogen) atoms. The fourth-order valence-electron chi connectivity index (χ4n) is 1.95. The highest BCUT2D eigenvalue weighted by Crippen LogP contribution is 2.28. The van der Waals surface area contributed by atoms with E-state index in [0.717, 1.165) is 11.3 Å². The second-order valence-electron chi connectivity index (χ2n) is 5.29. The standard InChI is InChI=1S/C16H21N5O2S2/c1-4-17-14(23)11(3)18-13(22)9-24-16-21-20-15(25-16)19-12-8-6-5-7-10(12)2/h5-8,11H,4,9H2,1-3H3,(H,17,23)(H,18,22)(H,19,20)/t11-/m1/s1. The summed E-state index contributed by atoms with van der Waals surface area (Å²) in [6, 6.07) is 7.36. The molecule has 0 aliphatic rings. The molecule has 1 aromatic carbocycles. The predicted octanol–water partition coefficient (Wildman–Crippen LogP) is 2.32. The minimum absolute atomic E-state index is 0.183. The highest BCUT2D eigenvalue weighted by atomic mass is 32.2. The second-order valence-corrected chi connectivity index (χ2v) is 7.49. The van der Waals surface area contributed by atoms with Gasteiger partial charge in [-0.15, -0.1) is 10.2 Å². The summed E-state index contributed by atoms with van der Waals surface area (Å²) in [6.07, 6.45) is 0. The number of hydrogen-bond acceptors (Lipinski definition) is 7. The SMILES string of the molecule is CCNC(=O)[C@@H](C)NC(=O)CSc1nnc(Nc2ccccc2C)s1. The summed E-state index contributed by atoms with van der Waals surface area (Å²) in [5.74, 6) is -0.225. The third-order valence-corrected chi connectivity index (χ3v) is 5.21. The van der Waals surface area contributed by atoms with Crippen LogP contribution in [0, 0.1) is 6.92 Å². The molecule has 0 fully saturated rings. The maximum Gasteiger partial charge on any atom is 0.242 e. The summed E-state index contributed by atoms with van der Waals surface area (Å²) in [5, 5.41) is 17.4. The number of nitrogens with one attached hydrogen (secondary N) is 3. The molecule has 7 nitrogen and oxygen atoms in total. The summed E-state index contributed by atoms with van der Waals surface area (Å²) in [7, 11) is 0. The van der Waals surface area contributed by atoms with Crippen molar-refractivity contribution in [2.24, 2.45) is 0 Å². The van der Waals surface area contributed by atoms with Gasteiger partial charge in [0.05, 0.1) is 5.75 Å². The van der Waals surface area contributed by atoms with Crippen molar-refractivity contribution < 1.29 is 9.59 Å². The Morgan fingerprint density at radius 1 is 1.28 bits per heavy atom. The van der Waals surface area contributed by atoms with E-state index in [0.29, 0.717) is 16.0 Å². The van der Waals surface area contributed by atoms with Gasteiger partial charge >= 0.3 is 0 Å². The van der Waals surface area contributed by atoms with E-state index in [1.165, 1.54) is 23.1 Å². The first kappa shape index (κ1) is 19.2. The number of anilines is 2. The molecule has 0 unspecified atom stereocenters. The molecule has 1 heterocycles. The molecule has 9 heteroatoms. The van der Waals surface area contributed by atoms with Crippen LogP contribution in [0.15, 0.2) is 28.6 Å². The fourth-order valence-corrected chi connectivity index (χ4v) is 3.53. The molecule has 134 valence electrons. The highest BCUT2D eigenvalue weighted by Gasteiger charge is 2.15. The summed E-state index contributed by atoms with van der Waals surface area (Å²) in [6.45, 7) is 6.04. The molecular formula is C16H21N5O2S2. The van der Waals surface area contributed by atoms with Crippen LogP contribution in [0.4, 0.5) is 10.8 Å². The molecule has 0 saturated carbocycles. The Morgan fingerprint density at radius 3 is 2.76 bits per heavy atom. The zero-order chi connectivity index (χ0) is 18.2. The van der Waals surface area contributed by atoms with E-state index in [2.05, 4.69) is 26.1 Å². The van der Waals surface area contributed by atoms with E-state index in [9.17, 15) is 9.59 Å². The summed E-state index contributed by atoms with van der Waals surface area (Å²) in [5.41, 5.74) is 2.09. The zero-order valence-electron chi connectivity index (χ0n) is 14.3. The number of rotatable bonds is 8. The third kappa shape index (κ3) is 6.02. The molecule has 3 N–H and O–H groups in total. The summed E-state index contributed by atoms with van der Waals surface area (Å²) in [4.78, 5) is 23.5. The van der Waals surface area contributed by atoms with Crippen molar-refractivity contribution in [3.63, 3.8) is 0 Å². The minimum Gasteiger partial charge on any atom is -0.355 e. The van der Waals surface area contributed by atoms with Gasteiger partial charge in [0.15, 0.2) is 4.34 Å². The number of hydrogen-bond donors (Lipinski definition) is 3. The van der Waals surface area contributed by atoms with Crippen LogP contribution in [0.5, 0.6) is 0 Å². The van der Waals surface area contributed by atoms with Crippen LogP contribution in [0.1, 0.15) is 19.4 Å². The van der Waals surface area contributed by atoms with Crippen molar-refractivity contribution in [1.29, 1.82) is 0 Å². The Hall–Kier alpha value is -2.13. The van der Waals surface area contributed by atoms with E-state index in [-0.39, 0.29) is 17.6 Å². The van der Waals surface area contributed by atoms with Crippen LogP contribution in [0.2, 0.25) is 0 Å². The van der Waals surface area contributed by atoms with Gasteiger partial charge in [0.25, 0.3) is 0 Å². The quantitative estimate of drug-likeness (QED) is 0.609. The van der Waals surface area contributed by atoms with Gasteiger partial charge in [-0.05, 0) is 32.4 Å². The van der Waals surface area contributed by atoms with Crippen LogP contribution in [-0.4, -0.2) is 40.4 Å². The average Bonchev–Trinajstić information content (AvgIpc) is 3.03. The van der Waals surface area contributed by atoms with Crippen LogP contribution < -0.4 is 16.0 Å². The molecule has 0 aliphatic heterocycles. The van der Waals surface area contributed by atoms with Gasteiger partial charge in [-0.25, -0.2) is 0 Å². The Bertz CT molecular complexity index is 735. The summed E-state index contributed by atoms with van der Waals surface area (Å²) < 4.78 is 0.692. The van der Waals surface area contributed by atoms with Gasteiger partial charge < -0.3 is 16.0 Å². The fraction of sp³-hybridized carbons (Fsp3) is 0.375. The Balaban J connectivity index is 1.82. The van der Waals surface area contributed by atoms with Crippen molar-refractivity contribution in [2.75, 3.05) is 17.6 Å². The number of carbonyl (C=O) groups is 2. The lowest BCUT2D eigenvalue weighted by Gasteiger charge is -2.12. The van der Waals surface area contributed by atoms with Gasteiger partial charge in [0, 0.05) is 12.2 Å². The number of likely N-dealkylation sites (N-methyl/N-ethyl adjacent to an activating group) is 1. The topological polar surface area (TPSA) is 96.0 Å². The van der Waals surface area contributed by atoms with Crippen molar-refractivity contribution in [2.45, 2.75) is 31.2 Å². The lowest BCUT2D eigenvalue weighted by Crippen LogP contribution is -2.45. The Morgan fingerprint density at radius 2 is 2.04 bits per heavy atom. The van der Waals surface area contributed by atoms with E-state index in [1.54, 1.807) is 6.92 Å². The molecule has 2 aromatic rings. The number of carbonyl (C=O) groups excluding carboxylic acids is 2. The van der Waals surface area contributed by atoms with Crippen LogP contribution in [-0.2, 0) is 9.59 Å². The maximum absolute atomic E-state index is 11.9. The first-order chi connectivity index (χ1) is 12.0. The molecular weight excluding hydrogens is 358 g/mol. The minimum atomic E-state index is -0.555. The largest absolute Gasteiger partial charge is 0.355 e. The Kier molecular flexibility index (Phi) is 7.20. The monoisotopic (exact) mass is 379 g/mol. The lowest BCUT2D eigenvalue weighted by atomic mass is 10.2. The normalized spacial score (nSPS) is 11.6. The summed E-state index contributed by atoms with van der Waals surface area (Å²) >= 11 is 2.67. The number of aryl methyl sites for hydroxylation is 1. The first-order valence-corrected chi connectivity index (χ1v) is 9.65. The van der Waals surface area contributed by atoms with Gasteiger partial charge in [0.2, 0.25) is 16.9 Å². The van der Waals surface area contributed by atoms with Crippen molar-refractivity contribution >= 4 is 45.7 Å². The van der Waals surface area contributed by atoms with Gasteiger partial charge in [-0.2, -0.15) is 0 Å². The number of benzene rings is 1. The second kappa shape index (κ2) is 9.38. The molecule has 0 aliphatic carbocycles. The van der Waals surface area contributed by atoms with E-state index >= 15 is 0 Å². The van der Waals surface area contributed by atoms with Crippen molar-refractivity contribution in [1.82, 2.24) is 20.8 Å². The molecule has 1 atom stereocenters. The van der Waals surface area contributed by atoms with Gasteiger partial charge in [-0.1, -0.05) is 41.3 Å². The number of para-hydroxylation sites is 1. The molecule has 0 bridgehead atoms. The predicted molar refractivity (Wildman–Crippen MR) is 101 cm³/mol. The molecule has 2 amide bonds. The van der Waals surface area contributed by atoms with Crippen LogP contribution in [0.25, 0.3) is 0 Å². The molecule has 0 spiro atoms. The number of amides is 2. The van der Waals surface area contributed by atoms with Crippen molar-refractivity contribution in [3.8, 4) is 0 Å². The van der Waals surface area contributed by atoms with Gasteiger partial charge in [-0.3, -0.25) is 9.59 Å². The van der Waals surface area contributed by atoms with E-state index in [1.807, 2.05) is 38.1 Å². The average molecular weight is 380 g/mol. The zero-order valence-corrected chi connectivity index (χ0v) is 16.0. The molecule has 0 saturated heterocycles. The first-order valence-electron chi connectivity index (χ1n) is 7.85. The Labute approximate surface area is 155 Å². The van der Waals surface area contributed by atoms with Crippen LogP contribution >= 0.6 is 23.1 Å². The highest BCUT2D eigenvalue weighted by molar-refractivity contribution is 8.01. The van der Waals surface area contributed by atoms with E-state index < -0.39 is 6.04 Å². The van der Waals surface area contributed by atoms with Gasteiger partial charge in [0.1, 0.15) is 6.04 Å². The maximum atomic E-state index is 11.9. The van der Waals surface area contributed by atoms with Crippen LogP contribution in [0.3, 0.4) is 0 Å². The lowest BCUT2D eigenvalue weighted by molar-refractivity contribution is -0.127. The third-order valence-electron chi connectivity index (χ3n) is 3.24. The molecule has 0 radical (unpaired) electrons.